The third-order valence-electron chi connectivity index (χ3n) is 3.61. The third-order valence-corrected chi connectivity index (χ3v) is 3.61. The van der Waals surface area contributed by atoms with Crippen molar-refractivity contribution in [2.45, 2.75) is 58.9 Å². The quantitative estimate of drug-likeness (QED) is 0.690. The Kier molecular flexibility index (Phi) is 4.79. The van der Waals surface area contributed by atoms with Crippen LogP contribution in [0.15, 0.2) is 0 Å². The minimum atomic E-state index is 0.832. The van der Waals surface area contributed by atoms with Crippen LogP contribution >= 0.6 is 0 Å². The molecule has 1 heteroatoms. The molecule has 78 valence electrons. The fourth-order valence-corrected chi connectivity index (χ4v) is 2.29. The summed E-state index contributed by atoms with van der Waals surface area (Å²) in [4.78, 5) is 0. The summed E-state index contributed by atoms with van der Waals surface area (Å²) < 4.78 is 0. The molecule has 0 amide bonds. The third kappa shape index (κ3) is 3.30. The van der Waals surface area contributed by atoms with Gasteiger partial charge >= 0.3 is 0 Å². The van der Waals surface area contributed by atoms with Gasteiger partial charge in [-0.15, -0.1) is 0 Å². The lowest BCUT2D eigenvalue weighted by Crippen LogP contribution is -2.35. The number of hydrogen-bond donors (Lipinski definition) is 1. The van der Waals surface area contributed by atoms with Crippen LogP contribution in [0.2, 0.25) is 0 Å². The SMILES string of the molecule is CCC(C)CNC1CCCC1CC. The lowest BCUT2D eigenvalue weighted by atomic mass is 10.00. The van der Waals surface area contributed by atoms with E-state index >= 15 is 0 Å². The summed E-state index contributed by atoms with van der Waals surface area (Å²) in [6.07, 6.45) is 6.97. The summed E-state index contributed by atoms with van der Waals surface area (Å²) in [7, 11) is 0. The Morgan fingerprint density at radius 1 is 1.31 bits per heavy atom. The highest BCUT2D eigenvalue weighted by Gasteiger charge is 2.24. The van der Waals surface area contributed by atoms with Gasteiger partial charge < -0.3 is 5.32 Å². The molecule has 0 saturated heterocycles. The summed E-state index contributed by atoms with van der Waals surface area (Å²) >= 11 is 0. The predicted molar refractivity (Wildman–Crippen MR) is 58.9 cm³/mol. The molecule has 3 atom stereocenters. The minimum Gasteiger partial charge on any atom is -0.313 e. The van der Waals surface area contributed by atoms with Gasteiger partial charge in [0.15, 0.2) is 0 Å². The molecule has 1 fully saturated rings. The zero-order valence-corrected chi connectivity index (χ0v) is 9.47. The van der Waals surface area contributed by atoms with Gasteiger partial charge in [-0.3, -0.25) is 0 Å². The molecule has 1 nitrogen and oxygen atoms in total. The first-order valence-electron chi connectivity index (χ1n) is 6.01. The van der Waals surface area contributed by atoms with E-state index in [2.05, 4.69) is 26.1 Å². The highest BCUT2D eigenvalue weighted by Crippen LogP contribution is 2.28. The van der Waals surface area contributed by atoms with Gasteiger partial charge in [0.1, 0.15) is 0 Å². The maximum atomic E-state index is 3.73. The van der Waals surface area contributed by atoms with E-state index in [1.165, 1.54) is 38.6 Å². The van der Waals surface area contributed by atoms with Crippen LogP contribution in [0.1, 0.15) is 52.9 Å². The zero-order valence-electron chi connectivity index (χ0n) is 9.47. The molecule has 1 rings (SSSR count). The van der Waals surface area contributed by atoms with Crippen LogP contribution in [0.5, 0.6) is 0 Å². The maximum Gasteiger partial charge on any atom is 0.00953 e. The smallest absolute Gasteiger partial charge is 0.00953 e. The van der Waals surface area contributed by atoms with E-state index in [1.54, 1.807) is 0 Å². The summed E-state index contributed by atoms with van der Waals surface area (Å²) in [6, 6.07) is 0.832. The molecule has 0 aliphatic heterocycles. The Balaban J connectivity index is 2.19. The van der Waals surface area contributed by atoms with E-state index in [4.69, 9.17) is 0 Å². The van der Waals surface area contributed by atoms with E-state index in [1.807, 2.05) is 0 Å². The normalized spacial score (nSPS) is 30.7. The Morgan fingerprint density at radius 3 is 2.69 bits per heavy atom. The predicted octanol–water partition coefficient (Wildman–Crippen LogP) is 3.20. The van der Waals surface area contributed by atoms with Crippen molar-refractivity contribution in [3.63, 3.8) is 0 Å². The molecule has 1 aliphatic rings. The second-order valence-corrected chi connectivity index (χ2v) is 4.63. The van der Waals surface area contributed by atoms with Crippen molar-refractivity contribution in [1.82, 2.24) is 5.32 Å². The molecule has 0 aromatic carbocycles. The molecule has 1 N–H and O–H groups in total. The Labute approximate surface area is 83.3 Å². The van der Waals surface area contributed by atoms with Gasteiger partial charge in [0.2, 0.25) is 0 Å². The second-order valence-electron chi connectivity index (χ2n) is 4.63. The van der Waals surface area contributed by atoms with Gasteiger partial charge in [0.25, 0.3) is 0 Å². The first-order chi connectivity index (χ1) is 6.27. The molecular formula is C12H25N. The van der Waals surface area contributed by atoms with Crippen molar-refractivity contribution in [3.8, 4) is 0 Å². The van der Waals surface area contributed by atoms with E-state index in [9.17, 15) is 0 Å². The van der Waals surface area contributed by atoms with E-state index in [-0.39, 0.29) is 0 Å². The first-order valence-corrected chi connectivity index (χ1v) is 6.01. The molecule has 0 aromatic heterocycles. The van der Waals surface area contributed by atoms with Gasteiger partial charge in [-0.25, -0.2) is 0 Å². The van der Waals surface area contributed by atoms with Crippen molar-refractivity contribution >= 4 is 0 Å². The first kappa shape index (κ1) is 11.0. The fraction of sp³-hybridized carbons (Fsp3) is 1.00. The minimum absolute atomic E-state index is 0.832. The zero-order chi connectivity index (χ0) is 9.68. The van der Waals surface area contributed by atoms with Crippen molar-refractivity contribution < 1.29 is 0 Å². The average molecular weight is 183 g/mol. The number of rotatable bonds is 5. The van der Waals surface area contributed by atoms with E-state index in [0.717, 1.165) is 17.9 Å². The molecule has 0 bridgehead atoms. The molecule has 13 heavy (non-hydrogen) atoms. The van der Waals surface area contributed by atoms with Crippen molar-refractivity contribution in [3.05, 3.63) is 0 Å². The van der Waals surface area contributed by atoms with Crippen LogP contribution in [0, 0.1) is 11.8 Å². The highest BCUT2D eigenvalue weighted by molar-refractivity contribution is 4.82. The van der Waals surface area contributed by atoms with E-state index in [0.29, 0.717) is 0 Å². The monoisotopic (exact) mass is 183 g/mol. The maximum absolute atomic E-state index is 3.73. The van der Waals surface area contributed by atoms with Gasteiger partial charge in [-0.2, -0.15) is 0 Å². The van der Waals surface area contributed by atoms with Crippen LogP contribution in [0.25, 0.3) is 0 Å². The average Bonchev–Trinajstić information content (AvgIpc) is 2.61. The molecule has 0 spiro atoms. The number of hydrogen-bond acceptors (Lipinski definition) is 1. The molecular weight excluding hydrogens is 158 g/mol. The molecule has 1 saturated carbocycles. The second kappa shape index (κ2) is 5.64. The topological polar surface area (TPSA) is 12.0 Å². The Bertz CT molecular complexity index is 133. The molecule has 1 aliphatic carbocycles. The van der Waals surface area contributed by atoms with Crippen molar-refractivity contribution in [2.24, 2.45) is 11.8 Å². The number of nitrogens with one attached hydrogen (secondary N) is 1. The van der Waals surface area contributed by atoms with Gasteiger partial charge in [-0.1, -0.05) is 40.0 Å². The van der Waals surface area contributed by atoms with Gasteiger partial charge in [0, 0.05) is 6.04 Å². The van der Waals surface area contributed by atoms with Crippen LogP contribution in [-0.2, 0) is 0 Å². The molecule has 0 radical (unpaired) electrons. The Morgan fingerprint density at radius 2 is 2.08 bits per heavy atom. The summed E-state index contributed by atoms with van der Waals surface area (Å²) in [5.41, 5.74) is 0. The highest BCUT2D eigenvalue weighted by atomic mass is 14.9. The standard InChI is InChI=1S/C12H25N/c1-4-10(3)9-13-12-8-6-7-11(12)5-2/h10-13H,4-9H2,1-3H3. The molecule has 0 aromatic rings. The van der Waals surface area contributed by atoms with Gasteiger partial charge in [0.05, 0.1) is 0 Å². The summed E-state index contributed by atoms with van der Waals surface area (Å²) in [5, 5.41) is 3.73. The molecule has 3 unspecified atom stereocenters. The van der Waals surface area contributed by atoms with Crippen molar-refractivity contribution in [2.75, 3.05) is 6.54 Å². The van der Waals surface area contributed by atoms with Crippen LogP contribution in [-0.4, -0.2) is 12.6 Å². The van der Waals surface area contributed by atoms with Gasteiger partial charge in [-0.05, 0) is 31.2 Å². The van der Waals surface area contributed by atoms with E-state index < -0.39 is 0 Å². The largest absolute Gasteiger partial charge is 0.313 e. The Hall–Kier alpha value is -0.0400. The molecule has 0 heterocycles. The van der Waals surface area contributed by atoms with Crippen LogP contribution in [0.3, 0.4) is 0 Å². The summed E-state index contributed by atoms with van der Waals surface area (Å²) in [5.74, 6) is 1.81. The lowest BCUT2D eigenvalue weighted by molar-refractivity contribution is 0.362. The van der Waals surface area contributed by atoms with Crippen LogP contribution in [0.4, 0.5) is 0 Å². The lowest BCUT2D eigenvalue weighted by Gasteiger charge is -2.21. The fourth-order valence-electron chi connectivity index (χ4n) is 2.29. The summed E-state index contributed by atoms with van der Waals surface area (Å²) in [6.45, 7) is 8.16. The van der Waals surface area contributed by atoms with Crippen molar-refractivity contribution in [1.29, 1.82) is 0 Å². The van der Waals surface area contributed by atoms with Crippen LogP contribution < -0.4 is 5.32 Å².